The minimum absolute atomic E-state index is 0.172. The number of ether oxygens (including phenoxy) is 1. The molecule has 0 unspecified atom stereocenters. The van der Waals surface area contributed by atoms with Crippen LogP contribution < -0.4 is 10.2 Å². The summed E-state index contributed by atoms with van der Waals surface area (Å²) >= 11 is 9.19. The summed E-state index contributed by atoms with van der Waals surface area (Å²) in [6, 6.07) is 14.8. The molecule has 0 bridgehead atoms. The van der Waals surface area contributed by atoms with Gasteiger partial charge >= 0.3 is 0 Å². The van der Waals surface area contributed by atoms with Gasteiger partial charge in [0.25, 0.3) is 5.91 Å². The molecule has 0 fully saturated rings. The van der Waals surface area contributed by atoms with E-state index in [2.05, 4.69) is 36.7 Å². The van der Waals surface area contributed by atoms with Crippen LogP contribution in [0.1, 0.15) is 5.56 Å². The van der Waals surface area contributed by atoms with Crippen LogP contribution in [0.15, 0.2) is 64.3 Å². The molecule has 2 aromatic carbocycles. The predicted octanol–water partition coefficient (Wildman–Crippen LogP) is 4.02. The van der Waals surface area contributed by atoms with Crippen LogP contribution in [0.3, 0.4) is 0 Å². The third kappa shape index (κ3) is 4.71. The summed E-state index contributed by atoms with van der Waals surface area (Å²) in [7, 11) is 0. The number of carbonyl (C=O) groups is 1. The minimum Gasteiger partial charge on any atom is -0.483 e. The van der Waals surface area contributed by atoms with E-state index in [-0.39, 0.29) is 12.5 Å². The number of aromatic amines is 1. The van der Waals surface area contributed by atoms with E-state index in [9.17, 15) is 4.79 Å². The molecule has 132 valence electrons. The monoisotopic (exact) mass is 432 g/mol. The number of carbonyl (C=O) groups excluding carboxylic acids is 1. The van der Waals surface area contributed by atoms with E-state index in [0.29, 0.717) is 15.2 Å². The number of rotatable bonds is 6. The Morgan fingerprint density at radius 2 is 2.12 bits per heavy atom. The zero-order chi connectivity index (χ0) is 18.4. The van der Waals surface area contributed by atoms with Crippen LogP contribution in [-0.2, 0) is 4.79 Å². The van der Waals surface area contributed by atoms with Crippen molar-refractivity contribution in [3.05, 3.63) is 69.8 Å². The lowest BCUT2D eigenvalue weighted by molar-refractivity contribution is -0.123. The van der Waals surface area contributed by atoms with Crippen molar-refractivity contribution in [1.29, 1.82) is 0 Å². The molecule has 0 spiro atoms. The quantitative estimate of drug-likeness (QED) is 0.455. The first kappa shape index (κ1) is 18.2. The lowest BCUT2D eigenvalue weighted by Gasteiger charge is -2.07. The zero-order valence-corrected chi connectivity index (χ0v) is 15.8. The Hall–Kier alpha value is -2.64. The van der Waals surface area contributed by atoms with Gasteiger partial charge in [-0.3, -0.25) is 9.89 Å². The van der Waals surface area contributed by atoms with Crippen molar-refractivity contribution < 1.29 is 9.53 Å². The molecule has 0 saturated carbocycles. The maximum absolute atomic E-state index is 11.9. The number of nitrogens with zero attached hydrogens (tertiary/aromatic N) is 2. The largest absolute Gasteiger partial charge is 0.483 e. The lowest BCUT2D eigenvalue weighted by Crippen LogP contribution is -2.24. The highest BCUT2D eigenvalue weighted by Gasteiger charge is 2.07. The first-order chi connectivity index (χ1) is 12.6. The smallest absolute Gasteiger partial charge is 0.277 e. The second-order valence-corrected chi connectivity index (χ2v) is 6.51. The molecule has 0 aliphatic heterocycles. The summed E-state index contributed by atoms with van der Waals surface area (Å²) in [5, 5.41) is 11.5. The molecule has 8 heteroatoms. The van der Waals surface area contributed by atoms with Crippen LogP contribution in [-0.4, -0.2) is 28.9 Å². The third-order valence-corrected chi connectivity index (χ3v) is 4.23. The van der Waals surface area contributed by atoms with Crippen LogP contribution >= 0.6 is 27.5 Å². The van der Waals surface area contributed by atoms with Crippen molar-refractivity contribution in [1.82, 2.24) is 15.6 Å². The second-order valence-electron chi connectivity index (χ2n) is 5.22. The molecular weight excluding hydrogens is 420 g/mol. The van der Waals surface area contributed by atoms with E-state index in [1.165, 1.54) is 6.21 Å². The van der Waals surface area contributed by atoms with E-state index >= 15 is 0 Å². The standard InChI is InChI=1S/C18H14BrClN4O2/c19-15-8-14(20)6-7-16(15)26-11-17(25)23-21-9-13-10-22-24-18(13)12-4-2-1-3-5-12/h1-10H,11H2,(H,22,24)(H,23,25)/b21-9+. The Morgan fingerprint density at radius 1 is 1.31 bits per heavy atom. The zero-order valence-electron chi connectivity index (χ0n) is 13.4. The SMILES string of the molecule is O=C(COc1ccc(Cl)cc1Br)N/N=C/c1cn[nH]c1-c1ccccc1. The molecular formula is C18H14BrClN4O2. The molecule has 1 amide bonds. The number of hydrazone groups is 1. The summed E-state index contributed by atoms with van der Waals surface area (Å²) in [6.07, 6.45) is 3.17. The van der Waals surface area contributed by atoms with Gasteiger partial charge in [0.05, 0.1) is 22.6 Å². The van der Waals surface area contributed by atoms with Crippen LogP contribution in [0, 0.1) is 0 Å². The summed E-state index contributed by atoms with van der Waals surface area (Å²) < 4.78 is 6.10. The average molecular weight is 434 g/mol. The van der Waals surface area contributed by atoms with Gasteiger partial charge in [0, 0.05) is 16.1 Å². The fourth-order valence-corrected chi connectivity index (χ4v) is 2.97. The summed E-state index contributed by atoms with van der Waals surface area (Å²) in [6.45, 7) is -0.172. The Bertz CT molecular complexity index is 928. The second kappa shape index (κ2) is 8.64. The van der Waals surface area contributed by atoms with Crippen molar-refractivity contribution in [3.63, 3.8) is 0 Å². The van der Waals surface area contributed by atoms with Crippen molar-refractivity contribution >= 4 is 39.7 Å². The summed E-state index contributed by atoms with van der Waals surface area (Å²) in [4.78, 5) is 11.9. The van der Waals surface area contributed by atoms with E-state index in [4.69, 9.17) is 16.3 Å². The molecule has 0 radical (unpaired) electrons. The van der Waals surface area contributed by atoms with Crippen molar-refractivity contribution in [2.75, 3.05) is 6.61 Å². The molecule has 6 nitrogen and oxygen atoms in total. The van der Waals surface area contributed by atoms with Gasteiger partial charge in [-0.05, 0) is 34.1 Å². The number of amides is 1. The normalized spacial score (nSPS) is 10.8. The van der Waals surface area contributed by atoms with E-state index in [0.717, 1.165) is 16.8 Å². The molecule has 0 aliphatic carbocycles. The van der Waals surface area contributed by atoms with Gasteiger partial charge in [-0.15, -0.1) is 0 Å². The van der Waals surface area contributed by atoms with Gasteiger partial charge in [-0.1, -0.05) is 41.9 Å². The van der Waals surface area contributed by atoms with Crippen molar-refractivity contribution in [2.45, 2.75) is 0 Å². The number of hydrogen-bond donors (Lipinski definition) is 2. The molecule has 1 heterocycles. The predicted molar refractivity (Wildman–Crippen MR) is 104 cm³/mol. The average Bonchev–Trinajstić information content (AvgIpc) is 3.10. The Labute approximate surface area is 163 Å². The van der Waals surface area contributed by atoms with Crippen LogP contribution in [0.2, 0.25) is 5.02 Å². The van der Waals surface area contributed by atoms with Crippen molar-refractivity contribution in [2.24, 2.45) is 5.10 Å². The molecule has 1 aromatic heterocycles. The van der Waals surface area contributed by atoms with Crippen molar-refractivity contribution in [3.8, 4) is 17.0 Å². The third-order valence-electron chi connectivity index (χ3n) is 3.38. The maximum Gasteiger partial charge on any atom is 0.277 e. The summed E-state index contributed by atoms with van der Waals surface area (Å²) in [5.41, 5.74) is 4.99. The highest BCUT2D eigenvalue weighted by Crippen LogP contribution is 2.27. The number of H-pyrrole nitrogens is 1. The molecule has 2 N–H and O–H groups in total. The van der Waals surface area contributed by atoms with Crippen LogP contribution in [0.4, 0.5) is 0 Å². The fraction of sp³-hybridized carbons (Fsp3) is 0.0556. The topological polar surface area (TPSA) is 79.4 Å². The van der Waals surface area contributed by atoms with Crippen LogP contribution in [0.5, 0.6) is 5.75 Å². The Kier molecular flexibility index (Phi) is 6.04. The van der Waals surface area contributed by atoms with E-state index in [1.807, 2.05) is 30.3 Å². The highest BCUT2D eigenvalue weighted by molar-refractivity contribution is 9.10. The molecule has 0 aliphatic rings. The molecule has 3 rings (SSSR count). The van der Waals surface area contributed by atoms with Gasteiger partial charge < -0.3 is 4.74 Å². The summed E-state index contributed by atoms with van der Waals surface area (Å²) in [5.74, 6) is 0.141. The van der Waals surface area contributed by atoms with Crippen LogP contribution in [0.25, 0.3) is 11.3 Å². The number of nitrogens with one attached hydrogen (secondary N) is 2. The van der Waals surface area contributed by atoms with Gasteiger partial charge in [0.1, 0.15) is 5.75 Å². The van der Waals surface area contributed by atoms with E-state index in [1.54, 1.807) is 24.4 Å². The van der Waals surface area contributed by atoms with Gasteiger partial charge in [-0.25, -0.2) is 5.43 Å². The molecule has 0 atom stereocenters. The first-order valence-electron chi connectivity index (χ1n) is 7.62. The molecule has 3 aromatic rings. The highest BCUT2D eigenvalue weighted by atomic mass is 79.9. The number of benzene rings is 2. The Morgan fingerprint density at radius 3 is 2.88 bits per heavy atom. The van der Waals surface area contributed by atoms with E-state index < -0.39 is 0 Å². The lowest BCUT2D eigenvalue weighted by atomic mass is 10.1. The molecule has 0 saturated heterocycles. The van der Waals surface area contributed by atoms with Gasteiger partial charge in [0.15, 0.2) is 6.61 Å². The maximum atomic E-state index is 11.9. The Balaban J connectivity index is 1.56. The first-order valence-corrected chi connectivity index (χ1v) is 8.79. The number of aromatic nitrogens is 2. The van der Waals surface area contributed by atoms with Gasteiger partial charge in [-0.2, -0.15) is 10.2 Å². The van der Waals surface area contributed by atoms with Gasteiger partial charge in [0.2, 0.25) is 0 Å². The number of halogens is 2. The number of hydrogen-bond acceptors (Lipinski definition) is 4. The minimum atomic E-state index is -0.382. The fourth-order valence-electron chi connectivity index (χ4n) is 2.17. The molecule has 26 heavy (non-hydrogen) atoms.